The predicted octanol–water partition coefficient (Wildman–Crippen LogP) is 4.14. The van der Waals surface area contributed by atoms with Crippen LogP contribution in [-0.4, -0.2) is 77.2 Å². The molecule has 2 saturated heterocycles. The third kappa shape index (κ3) is 6.27. The quantitative estimate of drug-likeness (QED) is 0.295. The van der Waals surface area contributed by atoms with Crippen LogP contribution in [-0.2, 0) is 35.1 Å². The standard InChI is InChI=1S/C41H43N3O7/c1-26-13-11-14-27(2)36(26)43-22-12-21-41-35(39(48)44(37(41)40(43)49)30(24-45)23-28-15-5-3-6-16-28)34-32(51-41)19-9-10-20-33(46)50-25-31(42-38(34)47)29-17-7-4-8-18-29/h3-9,11-19,21,30-32,34-35,37,45H,10,20,22-25H2,1-2H3,(H,42,47)/b19-9-/t30-,31+,32-,34+,35+,37-,41+/m1/s1. The third-order valence-corrected chi connectivity index (χ3v) is 10.6. The molecule has 2 N–H and O–H groups in total. The Morgan fingerprint density at radius 2 is 1.61 bits per heavy atom. The number of aliphatic hydroxyl groups excluding tert-OH is 1. The van der Waals surface area contributed by atoms with E-state index < -0.39 is 66.1 Å². The van der Waals surface area contributed by atoms with E-state index in [1.807, 2.05) is 98.8 Å². The number of amides is 3. The second kappa shape index (κ2) is 14.3. The van der Waals surface area contributed by atoms with Gasteiger partial charge >= 0.3 is 5.97 Å². The lowest BCUT2D eigenvalue weighted by molar-refractivity contribution is -0.146. The summed E-state index contributed by atoms with van der Waals surface area (Å²) in [6.45, 7) is 3.65. The lowest BCUT2D eigenvalue weighted by atomic mass is 9.77. The molecule has 0 bridgehead atoms. The second-order valence-electron chi connectivity index (χ2n) is 13.8. The Morgan fingerprint density at radius 3 is 2.31 bits per heavy atom. The number of fused-ring (bicyclic) bond motifs is 2. The minimum atomic E-state index is -1.52. The average Bonchev–Trinajstić information content (AvgIpc) is 3.53. The van der Waals surface area contributed by atoms with Crippen LogP contribution in [0.25, 0.3) is 0 Å². The highest BCUT2D eigenvalue weighted by molar-refractivity contribution is 6.06. The molecule has 2 fully saturated rings. The number of aliphatic hydroxyl groups is 1. The van der Waals surface area contributed by atoms with Crippen molar-refractivity contribution in [2.45, 2.75) is 62.9 Å². The minimum absolute atomic E-state index is 0.0815. The molecule has 0 unspecified atom stereocenters. The highest BCUT2D eigenvalue weighted by Crippen LogP contribution is 2.54. The van der Waals surface area contributed by atoms with Gasteiger partial charge in [-0.25, -0.2) is 0 Å². The fraction of sp³-hybridized carbons (Fsp3) is 0.366. The number of hydrogen-bond acceptors (Lipinski definition) is 7. The van der Waals surface area contributed by atoms with Gasteiger partial charge in [-0.2, -0.15) is 0 Å². The van der Waals surface area contributed by atoms with Gasteiger partial charge in [0.2, 0.25) is 11.8 Å². The van der Waals surface area contributed by atoms with Gasteiger partial charge in [-0.05, 0) is 48.9 Å². The number of benzene rings is 3. The molecule has 3 aromatic rings. The van der Waals surface area contributed by atoms with Gasteiger partial charge in [0.1, 0.15) is 18.2 Å². The maximum absolute atomic E-state index is 15.2. The van der Waals surface area contributed by atoms with Crippen molar-refractivity contribution < 1.29 is 33.8 Å². The van der Waals surface area contributed by atoms with Crippen molar-refractivity contribution in [2.24, 2.45) is 11.8 Å². The molecule has 264 valence electrons. The van der Waals surface area contributed by atoms with Crippen molar-refractivity contribution in [3.63, 3.8) is 0 Å². The predicted molar refractivity (Wildman–Crippen MR) is 190 cm³/mol. The Balaban J connectivity index is 1.35. The molecule has 0 aliphatic carbocycles. The summed E-state index contributed by atoms with van der Waals surface area (Å²) in [5.74, 6) is -3.72. The molecular formula is C41H43N3O7. The zero-order valence-electron chi connectivity index (χ0n) is 28.8. The van der Waals surface area contributed by atoms with Gasteiger partial charge in [-0.3, -0.25) is 19.2 Å². The molecule has 4 aliphatic heterocycles. The van der Waals surface area contributed by atoms with Gasteiger partial charge in [-0.1, -0.05) is 103 Å². The van der Waals surface area contributed by atoms with Gasteiger partial charge in [0.25, 0.3) is 5.91 Å². The van der Waals surface area contributed by atoms with Crippen molar-refractivity contribution in [3.8, 4) is 0 Å². The third-order valence-electron chi connectivity index (χ3n) is 10.6. The molecule has 0 radical (unpaired) electrons. The Kier molecular flexibility index (Phi) is 9.63. The largest absolute Gasteiger partial charge is 0.463 e. The summed E-state index contributed by atoms with van der Waals surface area (Å²) in [5.41, 5.74) is 2.68. The molecule has 1 spiro atoms. The summed E-state index contributed by atoms with van der Waals surface area (Å²) < 4.78 is 12.5. The average molecular weight is 690 g/mol. The van der Waals surface area contributed by atoms with E-state index in [4.69, 9.17) is 9.47 Å². The van der Waals surface area contributed by atoms with Gasteiger partial charge in [-0.15, -0.1) is 0 Å². The Morgan fingerprint density at radius 1 is 0.902 bits per heavy atom. The van der Waals surface area contributed by atoms with Crippen LogP contribution < -0.4 is 10.2 Å². The molecule has 0 aromatic heterocycles. The maximum Gasteiger partial charge on any atom is 0.306 e. The van der Waals surface area contributed by atoms with Gasteiger partial charge < -0.3 is 29.7 Å². The molecule has 10 heteroatoms. The zero-order valence-corrected chi connectivity index (χ0v) is 28.8. The van der Waals surface area contributed by atoms with Crippen LogP contribution in [0, 0.1) is 25.7 Å². The molecule has 7 atom stereocenters. The van der Waals surface area contributed by atoms with Crippen molar-refractivity contribution >= 4 is 29.4 Å². The molecule has 3 amide bonds. The molecule has 4 aliphatic rings. The molecule has 7 rings (SSSR count). The Labute approximate surface area is 297 Å². The lowest BCUT2D eigenvalue weighted by Gasteiger charge is -2.39. The Bertz CT molecular complexity index is 1840. The molecule has 3 aromatic carbocycles. The summed E-state index contributed by atoms with van der Waals surface area (Å²) in [6.07, 6.45) is 7.07. The van der Waals surface area contributed by atoms with E-state index in [0.717, 1.165) is 27.9 Å². The van der Waals surface area contributed by atoms with Crippen LogP contribution in [0.2, 0.25) is 0 Å². The number of ether oxygens (including phenoxy) is 2. The van der Waals surface area contributed by atoms with E-state index in [-0.39, 0.29) is 25.5 Å². The van der Waals surface area contributed by atoms with Crippen molar-refractivity contribution in [2.75, 3.05) is 24.7 Å². The van der Waals surface area contributed by atoms with Crippen LogP contribution in [0.1, 0.15) is 41.1 Å². The summed E-state index contributed by atoms with van der Waals surface area (Å²) in [5, 5.41) is 14.0. The van der Waals surface area contributed by atoms with Crippen LogP contribution in [0.4, 0.5) is 5.69 Å². The highest BCUT2D eigenvalue weighted by atomic mass is 16.5. The van der Waals surface area contributed by atoms with E-state index in [0.29, 0.717) is 12.8 Å². The number of carbonyl (C=O) groups excluding carboxylic acids is 4. The smallest absolute Gasteiger partial charge is 0.306 e. The monoisotopic (exact) mass is 689 g/mol. The van der Waals surface area contributed by atoms with Crippen molar-refractivity contribution in [1.82, 2.24) is 10.2 Å². The highest BCUT2D eigenvalue weighted by Gasteiger charge is 2.72. The van der Waals surface area contributed by atoms with E-state index in [1.54, 1.807) is 23.1 Å². The first-order valence-electron chi connectivity index (χ1n) is 17.6. The number of para-hydroxylation sites is 1. The topological polar surface area (TPSA) is 125 Å². The first-order valence-corrected chi connectivity index (χ1v) is 17.6. The van der Waals surface area contributed by atoms with E-state index in [1.165, 1.54) is 4.90 Å². The fourth-order valence-corrected chi connectivity index (χ4v) is 8.34. The maximum atomic E-state index is 15.2. The number of rotatable bonds is 6. The summed E-state index contributed by atoms with van der Waals surface area (Å²) in [6, 6.07) is 22.0. The molecule has 10 nitrogen and oxygen atoms in total. The van der Waals surface area contributed by atoms with Crippen molar-refractivity contribution in [1.29, 1.82) is 0 Å². The number of esters is 1. The second-order valence-corrected chi connectivity index (χ2v) is 13.8. The minimum Gasteiger partial charge on any atom is -0.463 e. The number of aryl methyl sites for hydroxylation is 2. The number of carbonyl (C=O) groups is 4. The van der Waals surface area contributed by atoms with Gasteiger partial charge in [0.15, 0.2) is 0 Å². The van der Waals surface area contributed by atoms with E-state index in [2.05, 4.69) is 5.32 Å². The molecule has 0 saturated carbocycles. The Hall–Kier alpha value is -5.06. The zero-order chi connectivity index (χ0) is 35.7. The van der Waals surface area contributed by atoms with Crippen LogP contribution in [0.15, 0.2) is 103 Å². The van der Waals surface area contributed by atoms with Crippen LogP contribution >= 0.6 is 0 Å². The summed E-state index contributed by atoms with van der Waals surface area (Å²) in [4.78, 5) is 60.6. The molecular weight excluding hydrogens is 646 g/mol. The number of allylic oxidation sites excluding steroid dienone is 1. The summed E-state index contributed by atoms with van der Waals surface area (Å²) >= 11 is 0. The first-order chi connectivity index (χ1) is 24.7. The van der Waals surface area contributed by atoms with Crippen LogP contribution in [0.3, 0.4) is 0 Å². The number of likely N-dealkylation sites (tertiary alicyclic amines) is 1. The number of anilines is 1. The fourth-order valence-electron chi connectivity index (χ4n) is 8.34. The van der Waals surface area contributed by atoms with Crippen molar-refractivity contribution in [3.05, 3.63) is 125 Å². The molecule has 51 heavy (non-hydrogen) atoms. The number of nitrogens with zero attached hydrogens (tertiary/aromatic N) is 2. The van der Waals surface area contributed by atoms with E-state index in [9.17, 15) is 14.7 Å². The van der Waals surface area contributed by atoms with Crippen LogP contribution in [0.5, 0.6) is 0 Å². The van der Waals surface area contributed by atoms with Gasteiger partial charge in [0.05, 0.1) is 36.6 Å². The number of nitrogens with one attached hydrogen (secondary N) is 1. The first kappa shape index (κ1) is 34.4. The normalized spacial score (nSPS) is 29.1. The van der Waals surface area contributed by atoms with E-state index >= 15 is 9.59 Å². The SMILES string of the molecule is Cc1cccc(C)c1N1CC=C[C@]23O[C@@H]4/C=C\CCC(=O)OC[C@@H](c5ccccc5)NC(=O)[C@@H]4[C@H]2C(=O)N([C@@H](CO)Cc2ccccc2)[C@@H]3C1=O. The lowest BCUT2D eigenvalue weighted by Crippen LogP contribution is -2.58. The summed E-state index contributed by atoms with van der Waals surface area (Å²) in [7, 11) is 0. The molecule has 4 heterocycles. The van der Waals surface area contributed by atoms with Gasteiger partial charge in [0, 0.05) is 18.7 Å². The number of cyclic esters (lactones) is 1. The number of hydrogen-bond donors (Lipinski definition) is 2.